The van der Waals surface area contributed by atoms with Crippen LogP contribution in [-0.2, 0) is 25.8 Å². The van der Waals surface area contributed by atoms with Gasteiger partial charge in [-0.25, -0.2) is 12.2 Å². The Bertz CT molecular complexity index is 132. The molecule has 1 aliphatic carbocycles. The fraction of sp³-hybridized carbons (Fsp3) is 0.636. The van der Waals surface area contributed by atoms with Crippen molar-refractivity contribution in [2.24, 2.45) is 0 Å². The van der Waals surface area contributed by atoms with Crippen LogP contribution in [0, 0.1) is 6.08 Å². The number of rotatable bonds is 1. The molecule has 16 heavy (non-hydrogen) atoms. The Balaban J connectivity index is -0.0000000356. The van der Waals surface area contributed by atoms with E-state index in [1.165, 1.54) is 0 Å². The first-order valence-electron chi connectivity index (χ1n) is 4.85. The van der Waals surface area contributed by atoms with Crippen LogP contribution >= 0.6 is 24.8 Å². The van der Waals surface area contributed by atoms with Gasteiger partial charge in [-0.1, -0.05) is 33.4 Å². The van der Waals surface area contributed by atoms with E-state index in [9.17, 15) is 0 Å². The van der Waals surface area contributed by atoms with Gasteiger partial charge in [-0.15, -0.1) is 37.3 Å². The van der Waals surface area contributed by atoms with Crippen LogP contribution in [0.4, 0.5) is 0 Å². The molecule has 1 nitrogen and oxygen atoms in total. The molecular formula is C11H24Cl2HfNSi-2. The van der Waals surface area contributed by atoms with Crippen LogP contribution in [0.15, 0.2) is 18.2 Å². The molecule has 1 radical (unpaired) electrons. The van der Waals surface area contributed by atoms with E-state index in [1.807, 2.05) is 26.0 Å². The zero-order valence-electron chi connectivity index (χ0n) is 10.6. The molecule has 0 saturated carbocycles. The SMILES string of the molecule is CCC(C)[NH-].C[SiH]C.Cl.Cl.[C-]1=CC=CC1.[Hf]. The van der Waals surface area contributed by atoms with Gasteiger partial charge in [0.1, 0.15) is 0 Å². The minimum atomic E-state index is 0. The van der Waals surface area contributed by atoms with Gasteiger partial charge < -0.3 is 5.73 Å². The third-order valence-corrected chi connectivity index (χ3v) is 1.20. The molecule has 0 aliphatic heterocycles. The summed E-state index contributed by atoms with van der Waals surface area (Å²) in [4.78, 5) is 0. The molecule has 0 heterocycles. The van der Waals surface area contributed by atoms with Crippen LogP contribution in [0.2, 0.25) is 13.1 Å². The molecule has 0 spiro atoms. The van der Waals surface area contributed by atoms with E-state index in [1.54, 1.807) is 0 Å². The molecule has 0 aromatic rings. The minimum Gasteiger partial charge on any atom is -0.675 e. The average Bonchev–Trinajstić information content (AvgIpc) is 2.62. The second kappa shape index (κ2) is 29.8. The van der Waals surface area contributed by atoms with E-state index in [0.717, 1.165) is 22.4 Å². The molecule has 0 fully saturated rings. The summed E-state index contributed by atoms with van der Waals surface area (Å²) in [7, 11) is 0.750. The fourth-order valence-electron chi connectivity index (χ4n) is 0.340. The van der Waals surface area contributed by atoms with Gasteiger partial charge in [0.2, 0.25) is 0 Å². The van der Waals surface area contributed by atoms with E-state index in [0.29, 0.717) is 0 Å². The molecule has 0 saturated heterocycles. The van der Waals surface area contributed by atoms with Crippen molar-refractivity contribution in [1.29, 1.82) is 0 Å². The van der Waals surface area contributed by atoms with Crippen molar-refractivity contribution in [2.45, 2.75) is 45.8 Å². The number of allylic oxidation sites excluding steroid dienone is 4. The predicted octanol–water partition coefficient (Wildman–Crippen LogP) is 4.50. The Labute approximate surface area is 135 Å². The molecule has 0 aromatic carbocycles. The summed E-state index contributed by atoms with van der Waals surface area (Å²) in [6, 6.07) is 0.134. The topological polar surface area (TPSA) is 23.8 Å². The Morgan fingerprint density at radius 3 is 1.81 bits per heavy atom. The molecular weight excluding hydrogens is 424 g/mol. The Morgan fingerprint density at radius 2 is 1.75 bits per heavy atom. The van der Waals surface area contributed by atoms with E-state index in [4.69, 9.17) is 5.73 Å². The summed E-state index contributed by atoms with van der Waals surface area (Å²) in [5.41, 5.74) is 6.83. The van der Waals surface area contributed by atoms with E-state index >= 15 is 0 Å². The monoisotopic (exact) mass is 448 g/mol. The number of halogens is 2. The van der Waals surface area contributed by atoms with Gasteiger partial charge in [0, 0.05) is 35.4 Å². The molecule has 1 aliphatic rings. The van der Waals surface area contributed by atoms with Gasteiger partial charge >= 0.3 is 0 Å². The molecule has 5 heteroatoms. The molecule has 1 rings (SSSR count). The first-order chi connectivity index (χ1) is 6.18. The first kappa shape index (κ1) is 30.3. The molecule has 1 unspecified atom stereocenters. The third kappa shape index (κ3) is 45.7. The van der Waals surface area contributed by atoms with Crippen LogP contribution in [0.25, 0.3) is 5.73 Å². The number of hydrogen-bond acceptors (Lipinski definition) is 0. The molecule has 0 bridgehead atoms. The smallest absolute Gasteiger partial charge is 0.0213 e. The van der Waals surface area contributed by atoms with Gasteiger partial charge in [0.15, 0.2) is 0 Å². The predicted molar refractivity (Wildman–Crippen MR) is 79.0 cm³/mol. The van der Waals surface area contributed by atoms with Crippen molar-refractivity contribution >= 4 is 34.3 Å². The van der Waals surface area contributed by atoms with Crippen LogP contribution in [0.3, 0.4) is 0 Å². The number of nitrogens with one attached hydrogen (secondary N) is 1. The van der Waals surface area contributed by atoms with Crippen LogP contribution < -0.4 is 0 Å². The van der Waals surface area contributed by atoms with Crippen LogP contribution in [-0.4, -0.2) is 15.6 Å². The van der Waals surface area contributed by atoms with Crippen molar-refractivity contribution in [1.82, 2.24) is 0 Å². The molecule has 97 valence electrons. The van der Waals surface area contributed by atoms with Crippen LogP contribution in [0.1, 0.15) is 26.7 Å². The zero-order valence-corrected chi connectivity index (χ0v) is 17.0. The van der Waals surface area contributed by atoms with E-state index < -0.39 is 0 Å². The molecule has 1 atom stereocenters. The summed E-state index contributed by atoms with van der Waals surface area (Å²) >= 11 is 0. The van der Waals surface area contributed by atoms with Crippen molar-refractivity contribution in [3.05, 3.63) is 30.0 Å². The quantitative estimate of drug-likeness (QED) is 0.417. The molecule has 1 N–H and O–H groups in total. The normalized spacial score (nSPS) is 11.3. The van der Waals surface area contributed by atoms with Crippen molar-refractivity contribution in [2.75, 3.05) is 0 Å². The Kier molecular flexibility index (Phi) is 56.4. The average molecular weight is 448 g/mol. The van der Waals surface area contributed by atoms with Crippen LogP contribution in [0.5, 0.6) is 0 Å². The molecule has 0 amide bonds. The summed E-state index contributed by atoms with van der Waals surface area (Å²) in [5, 5.41) is 0. The zero-order chi connectivity index (χ0) is 10.5. The van der Waals surface area contributed by atoms with Crippen molar-refractivity contribution < 1.29 is 25.8 Å². The third-order valence-electron chi connectivity index (χ3n) is 1.20. The standard InChI is InChI=1S/C5H5.C4H10N.C2H7Si.2ClH.Hf/c1-2-4-5-3-1;1-3-4(2)5;1-3-2;;;/h1-3H,4H2;4-5H,3H2,1-2H3;3H,1-2H3;2*1H;/q2*-1;;;;. The van der Waals surface area contributed by atoms with Gasteiger partial charge in [0.05, 0.1) is 0 Å². The molecule has 0 aromatic heterocycles. The largest absolute Gasteiger partial charge is 0.675 e. The maximum Gasteiger partial charge on any atom is 0.0213 e. The number of hydrogen-bond donors (Lipinski definition) is 0. The Hall–Kier alpha value is 1.11. The van der Waals surface area contributed by atoms with Gasteiger partial charge in [-0.3, -0.25) is 6.08 Å². The second-order valence-electron chi connectivity index (χ2n) is 2.89. The minimum absolute atomic E-state index is 0. The van der Waals surface area contributed by atoms with Gasteiger partial charge in [0.25, 0.3) is 0 Å². The maximum atomic E-state index is 6.83. The van der Waals surface area contributed by atoms with E-state index in [-0.39, 0.29) is 56.7 Å². The summed E-state index contributed by atoms with van der Waals surface area (Å²) in [6.07, 6.45) is 11.0. The van der Waals surface area contributed by atoms with Gasteiger partial charge in [-0.2, -0.15) is 6.08 Å². The van der Waals surface area contributed by atoms with Crippen molar-refractivity contribution in [3.63, 3.8) is 0 Å². The summed E-state index contributed by atoms with van der Waals surface area (Å²) in [5.74, 6) is 0. The summed E-state index contributed by atoms with van der Waals surface area (Å²) < 4.78 is 0. The summed E-state index contributed by atoms with van der Waals surface area (Å²) in [6.45, 7) is 8.32. The maximum absolute atomic E-state index is 6.83. The van der Waals surface area contributed by atoms with E-state index in [2.05, 4.69) is 25.2 Å². The second-order valence-corrected chi connectivity index (χ2v) is 4.04. The Morgan fingerprint density at radius 1 is 1.38 bits per heavy atom. The van der Waals surface area contributed by atoms with Crippen molar-refractivity contribution in [3.8, 4) is 0 Å². The van der Waals surface area contributed by atoms with Gasteiger partial charge in [-0.05, 0) is 0 Å². The fourth-order valence-corrected chi connectivity index (χ4v) is 0.340. The first-order valence-corrected chi connectivity index (χ1v) is 7.16.